The molecule has 6 heteroatoms. The monoisotopic (exact) mass is 1010 g/mol. The van der Waals surface area contributed by atoms with E-state index in [1.54, 1.807) is 0 Å². The Bertz CT molecular complexity index is 1580. The van der Waals surface area contributed by atoms with E-state index in [2.05, 4.69) is 154 Å². The highest BCUT2D eigenvalue weighted by Crippen LogP contribution is 2.13. The predicted octanol–water partition coefficient (Wildman–Crippen LogP) is 20.2. The molecule has 412 valence electrons. The first-order valence-corrected chi connectivity index (χ1v) is 29.7. The van der Waals surface area contributed by atoms with Gasteiger partial charge in [0.15, 0.2) is 6.10 Å². The van der Waals surface area contributed by atoms with Gasteiger partial charge in [0, 0.05) is 19.3 Å². The second-order valence-corrected chi connectivity index (χ2v) is 19.2. The van der Waals surface area contributed by atoms with Crippen LogP contribution in [0.2, 0.25) is 0 Å². The van der Waals surface area contributed by atoms with E-state index < -0.39 is 6.10 Å². The molecule has 0 aromatic heterocycles. The zero-order valence-electron chi connectivity index (χ0n) is 47.1. The van der Waals surface area contributed by atoms with E-state index in [1.165, 1.54) is 77.0 Å². The van der Waals surface area contributed by atoms with E-state index in [9.17, 15) is 14.4 Å². The topological polar surface area (TPSA) is 78.9 Å². The summed E-state index contributed by atoms with van der Waals surface area (Å²) in [4.78, 5) is 37.9. The van der Waals surface area contributed by atoms with Crippen LogP contribution in [0.3, 0.4) is 0 Å². The third-order valence-corrected chi connectivity index (χ3v) is 12.1. The zero-order chi connectivity index (χ0) is 52.9. The largest absolute Gasteiger partial charge is 0.462 e. The maximum atomic E-state index is 12.8. The summed E-state index contributed by atoms with van der Waals surface area (Å²) in [6.07, 6.45) is 84.8. The fourth-order valence-corrected chi connectivity index (χ4v) is 7.70. The van der Waals surface area contributed by atoms with Crippen molar-refractivity contribution in [2.24, 2.45) is 0 Å². The maximum absolute atomic E-state index is 12.8. The molecule has 0 bridgehead atoms. The molecule has 6 nitrogen and oxygen atoms in total. The van der Waals surface area contributed by atoms with Gasteiger partial charge in [0.25, 0.3) is 0 Å². The number of carbonyl (C=O) groups is 3. The van der Waals surface area contributed by atoms with E-state index in [-0.39, 0.29) is 31.1 Å². The highest BCUT2D eigenvalue weighted by atomic mass is 16.6. The first kappa shape index (κ1) is 68.6. The molecule has 1 atom stereocenters. The summed E-state index contributed by atoms with van der Waals surface area (Å²) in [5.41, 5.74) is 0. The average Bonchev–Trinajstić information content (AvgIpc) is 3.39. The molecule has 0 rings (SSSR count). The molecule has 0 radical (unpaired) electrons. The molecular formula is C67H108O6. The van der Waals surface area contributed by atoms with E-state index in [0.717, 1.165) is 135 Å². The van der Waals surface area contributed by atoms with Gasteiger partial charge in [-0.15, -0.1) is 0 Å². The zero-order valence-corrected chi connectivity index (χ0v) is 47.1. The van der Waals surface area contributed by atoms with Gasteiger partial charge in [-0.2, -0.15) is 0 Å². The number of hydrogen-bond acceptors (Lipinski definition) is 6. The van der Waals surface area contributed by atoms with Crippen LogP contribution in [0.4, 0.5) is 0 Å². The molecule has 0 spiro atoms. The van der Waals surface area contributed by atoms with Gasteiger partial charge < -0.3 is 14.2 Å². The summed E-state index contributed by atoms with van der Waals surface area (Å²) in [7, 11) is 0. The summed E-state index contributed by atoms with van der Waals surface area (Å²) < 4.78 is 16.7. The SMILES string of the molecule is CC/C=C\C/C=C\C/C=C\C/C=C\C/C=C\C/C=C\C/C=C\C/C=C\C/C=C\CCCCCC(=O)OCC(COC(=O)CCCCCCCC)OC(=O)CCCCCCCCC/C=C\C/C=C\CCCCCC. The van der Waals surface area contributed by atoms with Crippen LogP contribution in [0.25, 0.3) is 0 Å². The summed E-state index contributed by atoms with van der Waals surface area (Å²) in [6, 6.07) is 0. The van der Waals surface area contributed by atoms with Gasteiger partial charge in [-0.1, -0.05) is 244 Å². The lowest BCUT2D eigenvalue weighted by Gasteiger charge is -2.18. The van der Waals surface area contributed by atoms with Crippen LogP contribution in [0.15, 0.2) is 134 Å². The fourth-order valence-electron chi connectivity index (χ4n) is 7.70. The van der Waals surface area contributed by atoms with Crippen molar-refractivity contribution < 1.29 is 28.6 Å². The van der Waals surface area contributed by atoms with Crippen molar-refractivity contribution >= 4 is 17.9 Å². The Morgan fingerprint density at radius 3 is 0.863 bits per heavy atom. The Morgan fingerprint density at radius 2 is 0.534 bits per heavy atom. The molecule has 0 aliphatic rings. The van der Waals surface area contributed by atoms with E-state index in [1.807, 2.05) is 0 Å². The van der Waals surface area contributed by atoms with Crippen molar-refractivity contribution in [3.8, 4) is 0 Å². The molecule has 0 saturated carbocycles. The Labute approximate surface area is 449 Å². The molecule has 0 aliphatic heterocycles. The van der Waals surface area contributed by atoms with Crippen molar-refractivity contribution in [3.63, 3.8) is 0 Å². The summed E-state index contributed by atoms with van der Waals surface area (Å²) in [6.45, 7) is 6.40. The van der Waals surface area contributed by atoms with Crippen molar-refractivity contribution in [2.45, 2.75) is 258 Å². The maximum Gasteiger partial charge on any atom is 0.306 e. The number of esters is 3. The minimum atomic E-state index is -0.797. The molecular weight excluding hydrogens is 901 g/mol. The average molecular weight is 1010 g/mol. The Hall–Kier alpha value is -4.45. The second-order valence-electron chi connectivity index (χ2n) is 19.2. The van der Waals surface area contributed by atoms with Crippen LogP contribution in [0.1, 0.15) is 252 Å². The third-order valence-electron chi connectivity index (χ3n) is 12.1. The fraction of sp³-hybridized carbons (Fsp3) is 0.627. The van der Waals surface area contributed by atoms with Crippen LogP contribution in [0.5, 0.6) is 0 Å². The number of carbonyl (C=O) groups excluding carboxylic acids is 3. The van der Waals surface area contributed by atoms with Crippen LogP contribution >= 0.6 is 0 Å². The number of rotatable bonds is 52. The van der Waals surface area contributed by atoms with E-state index in [4.69, 9.17) is 14.2 Å². The lowest BCUT2D eigenvalue weighted by Crippen LogP contribution is -2.30. The smallest absolute Gasteiger partial charge is 0.306 e. The standard InChI is InChI=1S/C67H108O6/c1-4-7-10-13-16-18-20-22-24-26-28-29-30-31-32-33-34-35-36-37-38-39-40-42-43-45-47-49-51-54-57-60-66(69)72-63-64(62-71-65(68)59-56-53-15-12-9-6-3)73-67(70)61-58-55-52-50-48-46-44-41-27-25-23-21-19-17-14-11-8-5-2/h7,10,16,18-19,21-22,24-25,27-29,31-32,34-35,37-38,40,42,45,47,64H,4-6,8-9,11-15,17,20,23,26,30,33,36,39,41,43-44,46,48-63H2,1-3H3/b10-7-,18-16-,21-19-,24-22-,27-25-,29-28-,32-31-,35-34-,38-37-,42-40-,47-45-. The molecule has 73 heavy (non-hydrogen) atoms. The minimum absolute atomic E-state index is 0.0952. The molecule has 0 aromatic rings. The Balaban J connectivity index is 4.24. The van der Waals surface area contributed by atoms with Crippen molar-refractivity contribution in [2.75, 3.05) is 13.2 Å². The number of unbranched alkanes of at least 4 members (excludes halogenated alkanes) is 19. The van der Waals surface area contributed by atoms with Crippen LogP contribution in [-0.2, 0) is 28.6 Å². The van der Waals surface area contributed by atoms with Crippen LogP contribution in [0, 0.1) is 0 Å². The quantitative estimate of drug-likeness (QED) is 0.0261. The number of ether oxygens (including phenoxy) is 3. The number of hydrogen-bond donors (Lipinski definition) is 0. The second kappa shape index (κ2) is 60.1. The molecule has 1 unspecified atom stereocenters. The lowest BCUT2D eigenvalue weighted by molar-refractivity contribution is -0.167. The van der Waals surface area contributed by atoms with Crippen molar-refractivity contribution in [1.29, 1.82) is 0 Å². The lowest BCUT2D eigenvalue weighted by atomic mass is 10.1. The van der Waals surface area contributed by atoms with Gasteiger partial charge >= 0.3 is 17.9 Å². The van der Waals surface area contributed by atoms with Gasteiger partial charge in [-0.3, -0.25) is 14.4 Å². The molecule has 0 N–H and O–H groups in total. The van der Waals surface area contributed by atoms with Crippen LogP contribution < -0.4 is 0 Å². The van der Waals surface area contributed by atoms with Gasteiger partial charge in [-0.05, 0) is 122 Å². The summed E-state index contributed by atoms with van der Waals surface area (Å²) >= 11 is 0. The summed E-state index contributed by atoms with van der Waals surface area (Å²) in [5, 5.41) is 0. The molecule has 0 fully saturated rings. The third kappa shape index (κ3) is 58.3. The van der Waals surface area contributed by atoms with Crippen LogP contribution in [-0.4, -0.2) is 37.2 Å². The highest BCUT2D eigenvalue weighted by molar-refractivity contribution is 5.71. The molecule has 0 saturated heterocycles. The Kier molecular flexibility index (Phi) is 56.4. The highest BCUT2D eigenvalue weighted by Gasteiger charge is 2.19. The Morgan fingerprint density at radius 1 is 0.288 bits per heavy atom. The molecule has 0 heterocycles. The van der Waals surface area contributed by atoms with Crippen molar-refractivity contribution in [1.82, 2.24) is 0 Å². The van der Waals surface area contributed by atoms with E-state index in [0.29, 0.717) is 19.3 Å². The van der Waals surface area contributed by atoms with Gasteiger partial charge in [0.1, 0.15) is 13.2 Å². The van der Waals surface area contributed by atoms with Gasteiger partial charge in [-0.25, -0.2) is 0 Å². The number of allylic oxidation sites excluding steroid dienone is 22. The first-order valence-electron chi connectivity index (χ1n) is 29.7. The van der Waals surface area contributed by atoms with Crippen molar-refractivity contribution in [3.05, 3.63) is 134 Å². The van der Waals surface area contributed by atoms with Gasteiger partial charge in [0.2, 0.25) is 0 Å². The van der Waals surface area contributed by atoms with E-state index >= 15 is 0 Å². The normalized spacial score (nSPS) is 13.1. The summed E-state index contributed by atoms with van der Waals surface area (Å²) in [5.74, 6) is -0.951. The molecule has 0 aromatic carbocycles. The first-order chi connectivity index (χ1) is 36.0. The predicted molar refractivity (Wildman–Crippen MR) is 316 cm³/mol. The molecule has 0 aliphatic carbocycles. The van der Waals surface area contributed by atoms with Gasteiger partial charge in [0.05, 0.1) is 0 Å². The minimum Gasteiger partial charge on any atom is -0.462 e. The molecule has 0 amide bonds.